The van der Waals surface area contributed by atoms with Crippen LogP contribution in [0.1, 0.15) is 74.9 Å². The second-order valence-corrected chi connectivity index (χ2v) is 18.1. The van der Waals surface area contributed by atoms with Gasteiger partial charge in [0.25, 0.3) is 0 Å². The minimum Gasteiger partial charge on any atom is -0.310 e. The van der Waals surface area contributed by atoms with Crippen LogP contribution >= 0.6 is 0 Å². The molecule has 3 aliphatic carbocycles. The van der Waals surface area contributed by atoms with Crippen molar-refractivity contribution in [1.82, 2.24) is 0 Å². The van der Waals surface area contributed by atoms with Gasteiger partial charge >= 0.3 is 0 Å². The maximum Gasteiger partial charge on any atom is 0.0543 e. The van der Waals surface area contributed by atoms with E-state index in [-0.39, 0.29) is 16.2 Å². The Labute approximate surface area is 343 Å². The van der Waals surface area contributed by atoms with Gasteiger partial charge in [-0.15, -0.1) is 0 Å². The molecule has 0 atom stereocenters. The summed E-state index contributed by atoms with van der Waals surface area (Å²) in [5.74, 6) is 0. The van der Waals surface area contributed by atoms with Crippen molar-refractivity contribution in [3.63, 3.8) is 0 Å². The molecule has 0 aromatic heterocycles. The fraction of sp³-hybridized carbons (Fsp3) is 0.158. The van der Waals surface area contributed by atoms with Crippen LogP contribution in [0.25, 0.3) is 55.6 Å². The Balaban J connectivity index is 1.08. The first-order valence-electron chi connectivity index (χ1n) is 20.8. The van der Waals surface area contributed by atoms with Crippen LogP contribution in [0.4, 0.5) is 17.1 Å². The maximum absolute atomic E-state index is 2.51. The molecule has 0 spiro atoms. The Morgan fingerprint density at radius 2 is 0.759 bits per heavy atom. The predicted octanol–water partition coefficient (Wildman–Crippen LogP) is 15.4. The fourth-order valence-electron chi connectivity index (χ4n) is 11.0. The molecule has 8 aromatic rings. The van der Waals surface area contributed by atoms with E-state index in [0.29, 0.717) is 0 Å². The molecular formula is C57H47N. The summed E-state index contributed by atoms with van der Waals surface area (Å²) in [5.41, 5.74) is 24.6. The zero-order chi connectivity index (χ0) is 39.6. The molecule has 0 bridgehead atoms. The van der Waals surface area contributed by atoms with Crippen molar-refractivity contribution < 1.29 is 0 Å². The molecule has 0 N–H and O–H groups in total. The van der Waals surface area contributed by atoms with Crippen LogP contribution < -0.4 is 4.90 Å². The summed E-state index contributed by atoms with van der Waals surface area (Å²) in [4.78, 5) is 2.51. The van der Waals surface area contributed by atoms with Gasteiger partial charge in [0.2, 0.25) is 0 Å². The average molecular weight is 746 g/mol. The van der Waals surface area contributed by atoms with Gasteiger partial charge in [0, 0.05) is 33.2 Å². The van der Waals surface area contributed by atoms with E-state index in [4.69, 9.17) is 0 Å². The number of hydrogen-bond acceptors (Lipinski definition) is 1. The van der Waals surface area contributed by atoms with Gasteiger partial charge in [-0.1, -0.05) is 187 Å². The average Bonchev–Trinajstić information content (AvgIpc) is 3.74. The summed E-state index contributed by atoms with van der Waals surface area (Å²) in [6, 6.07) is 66.1. The predicted molar refractivity (Wildman–Crippen MR) is 245 cm³/mol. The molecule has 0 saturated heterocycles. The zero-order valence-corrected chi connectivity index (χ0v) is 34.2. The molecule has 0 heterocycles. The molecule has 0 saturated carbocycles. The highest BCUT2D eigenvalue weighted by Gasteiger charge is 2.40. The molecule has 1 heteroatoms. The summed E-state index contributed by atoms with van der Waals surface area (Å²) in [6.45, 7) is 14.2. The number of benzene rings is 8. The maximum atomic E-state index is 2.51. The summed E-state index contributed by atoms with van der Waals surface area (Å²) in [5, 5.41) is 0. The molecule has 0 radical (unpaired) electrons. The SMILES string of the molecule is CC1(C)c2ccccc2-c2ccc(N(c3ccc(-c4ccccc4-c4cccc5c4C(C)(C)c4ccccc4-5)cc3)c3cccc4c3-c3ccccc3C4(C)C)cc21. The topological polar surface area (TPSA) is 3.24 Å². The number of fused-ring (bicyclic) bond motifs is 9. The third-order valence-corrected chi connectivity index (χ3v) is 13.9. The van der Waals surface area contributed by atoms with Crippen molar-refractivity contribution in [3.8, 4) is 55.6 Å². The Kier molecular flexibility index (Phi) is 7.36. The Morgan fingerprint density at radius 1 is 0.310 bits per heavy atom. The van der Waals surface area contributed by atoms with E-state index in [1.807, 2.05) is 0 Å². The van der Waals surface area contributed by atoms with Gasteiger partial charge in [0.15, 0.2) is 0 Å². The smallest absolute Gasteiger partial charge is 0.0543 e. The van der Waals surface area contributed by atoms with Crippen molar-refractivity contribution in [2.45, 2.75) is 57.8 Å². The van der Waals surface area contributed by atoms with Crippen molar-refractivity contribution in [1.29, 1.82) is 0 Å². The van der Waals surface area contributed by atoms with Gasteiger partial charge in [0.1, 0.15) is 0 Å². The third kappa shape index (κ3) is 4.77. The lowest BCUT2D eigenvalue weighted by Gasteiger charge is -2.30. The number of hydrogen-bond donors (Lipinski definition) is 0. The summed E-state index contributed by atoms with van der Waals surface area (Å²) in [6.07, 6.45) is 0. The van der Waals surface area contributed by atoms with E-state index in [0.717, 1.165) is 5.69 Å². The lowest BCUT2D eigenvalue weighted by atomic mass is 9.78. The van der Waals surface area contributed by atoms with Gasteiger partial charge in [-0.2, -0.15) is 0 Å². The van der Waals surface area contributed by atoms with E-state index >= 15 is 0 Å². The van der Waals surface area contributed by atoms with Crippen molar-refractivity contribution in [2.24, 2.45) is 0 Å². The molecule has 8 aromatic carbocycles. The zero-order valence-electron chi connectivity index (χ0n) is 34.2. The van der Waals surface area contributed by atoms with Gasteiger partial charge in [-0.05, 0) is 114 Å². The van der Waals surface area contributed by atoms with E-state index < -0.39 is 0 Å². The van der Waals surface area contributed by atoms with Crippen molar-refractivity contribution in [2.75, 3.05) is 4.90 Å². The van der Waals surface area contributed by atoms with Crippen LogP contribution in [-0.2, 0) is 16.2 Å². The fourth-order valence-corrected chi connectivity index (χ4v) is 11.0. The summed E-state index contributed by atoms with van der Waals surface area (Å²) >= 11 is 0. The van der Waals surface area contributed by atoms with Gasteiger partial charge in [-0.3, -0.25) is 0 Å². The molecule has 0 unspecified atom stereocenters. The number of nitrogens with zero attached hydrogens (tertiary/aromatic N) is 1. The highest BCUT2D eigenvalue weighted by atomic mass is 15.1. The standard InChI is InChI=1S/C57H47N/c1-55(2)49-26-14-11-21-46(49)53-50(55)27-16-28-52(53)58(38-33-34-43-41-19-9-12-24-47(41)56(3,4)51(43)35-38)37-31-29-36(30-32-37)39-17-7-8-18-40(39)44-22-15-23-45-42-20-10-13-25-48(42)57(5,6)54(44)45/h7-35H,1-6H3. The molecule has 11 rings (SSSR count). The quantitative estimate of drug-likeness (QED) is 0.170. The van der Waals surface area contributed by atoms with E-state index in [1.54, 1.807) is 0 Å². The van der Waals surface area contributed by atoms with E-state index in [9.17, 15) is 0 Å². The monoisotopic (exact) mass is 745 g/mol. The minimum atomic E-state index is -0.109. The Hall–Kier alpha value is -6.44. The summed E-state index contributed by atoms with van der Waals surface area (Å²) in [7, 11) is 0. The molecule has 3 aliphatic rings. The van der Waals surface area contributed by atoms with E-state index in [1.165, 1.54) is 100 Å². The Morgan fingerprint density at radius 3 is 1.45 bits per heavy atom. The van der Waals surface area contributed by atoms with Crippen LogP contribution in [0, 0.1) is 0 Å². The number of anilines is 3. The van der Waals surface area contributed by atoms with Crippen LogP contribution in [-0.4, -0.2) is 0 Å². The molecule has 280 valence electrons. The molecular weight excluding hydrogens is 699 g/mol. The first-order valence-corrected chi connectivity index (χ1v) is 20.8. The minimum absolute atomic E-state index is 0.101. The molecule has 1 nitrogen and oxygen atoms in total. The van der Waals surface area contributed by atoms with Crippen molar-refractivity contribution >= 4 is 17.1 Å². The highest BCUT2D eigenvalue weighted by molar-refractivity contribution is 5.97. The normalized spacial score (nSPS) is 15.5. The second kappa shape index (κ2) is 12.3. The number of rotatable bonds is 5. The third-order valence-electron chi connectivity index (χ3n) is 13.9. The Bertz CT molecular complexity index is 2970. The van der Waals surface area contributed by atoms with Crippen molar-refractivity contribution in [3.05, 3.63) is 209 Å². The van der Waals surface area contributed by atoms with Crippen LogP contribution in [0.3, 0.4) is 0 Å². The molecule has 0 aliphatic heterocycles. The summed E-state index contributed by atoms with van der Waals surface area (Å²) < 4.78 is 0. The molecule has 0 amide bonds. The first kappa shape index (κ1) is 34.8. The first-order chi connectivity index (χ1) is 28.1. The van der Waals surface area contributed by atoms with Gasteiger partial charge in [0.05, 0.1) is 5.69 Å². The lowest BCUT2D eigenvalue weighted by molar-refractivity contribution is 0.660. The van der Waals surface area contributed by atoms with Gasteiger partial charge < -0.3 is 4.90 Å². The lowest BCUT2D eigenvalue weighted by Crippen LogP contribution is -2.17. The largest absolute Gasteiger partial charge is 0.310 e. The van der Waals surface area contributed by atoms with Crippen LogP contribution in [0.15, 0.2) is 176 Å². The second-order valence-electron chi connectivity index (χ2n) is 18.1. The highest BCUT2D eigenvalue weighted by Crippen LogP contribution is 2.57. The van der Waals surface area contributed by atoms with Gasteiger partial charge in [-0.25, -0.2) is 0 Å². The molecule has 58 heavy (non-hydrogen) atoms. The van der Waals surface area contributed by atoms with Crippen LogP contribution in [0.2, 0.25) is 0 Å². The molecule has 0 fully saturated rings. The van der Waals surface area contributed by atoms with E-state index in [2.05, 4.69) is 222 Å². The van der Waals surface area contributed by atoms with Crippen LogP contribution in [0.5, 0.6) is 0 Å².